The standard InChI is InChI=1S/C15H15N3/c1-2-12-5-7-13(8-6-12)11-18-15-14(10-16)4-3-9-17-15/h3-9H,2,11H2,1H3,(H,17,18). The molecule has 1 aromatic carbocycles. The van der Waals surface area contributed by atoms with Gasteiger partial charge in [-0.2, -0.15) is 5.26 Å². The zero-order valence-electron chi connectivity index (χ0n) is 10.4. The fraction of sp³-hybridized carbons (Fsp3) is 0.200. The van der Waals surface area contributed by atoms with Gasteiger partial charge in [-0.1, -0.05) is 31.2 Å². The molecule has 0 saturated heterocycles. The number of hydrogen-bond acceptors (Lipinski definition) is 3. The molecule has 0 amide bonds. The van der Waals surface area contributed by atoms with Gasteiger partial charge in [-0.05, 0) is 29.7 Å². The molecule has 0 atom stereocenters. The fourth-order valence-electron chi connectivity index (χ4n) is 1.71. The summed E-state index contributed by atoms with van der Waals surface area (Å²) in [6.45, 7) is 2.82. The first kappa shape index (κ1) is 12.1. The van der Waals surface area contributed by atoms with E-state index in [2.05, 4.69) is 47.6 Å². The summed E-state index contributed by atoms with van der Waals surface area (Å²) >= 11 is 0. The highest BCUT2D eigenvalue weighted by Crippen LogP contribution is 2.12. The van der Waals surface area contributed by atoms with Gasteiger partial charge in [-0.25, -0.2) is 4.98 Å². The average molecular weight is 237 g/mol. The van der Waals surface area contributed by atoms with Crippen molar-refractivity contribution in [2.24, 2.45) is 0 Å². The number of aryl methyl sites for hydroxylation is 1. The first-order valence-electron chi connectivity index (χ1n) is 6.00. The highest BCUT2D eigenvalue weighted by atomic mass is 15.0. The van der Waals surface area contributed by atoms with Gasteiger partial charge in [0.15, 0.2) is 0 Å². The first-order valence-corrected chi connectivity index (χ1v) is 6.00. The lowest BCUT2D eigenvalue weighted by molar-refractivity contribution is 1.09. The largest absolute Gasteiger partial charge is 0.365 e. The van der Waals surface area contributed by atoms with Gasteiger partial charge >= 0.3 is 0 Å². The Balaban J connectivity index is 2.05. The molecule has 1 N–H and O–H groups in total. The van der Waals surface area contributed by atoms with E-state index in [0.717, 1.165) is 6.42 Å². The molecule has 0 unspecified atom stereocenters. The summed E-state index contributed by atoms with van der Waals surface area (Å²) in [4.78, 5) is 4.16. The van der Waals surface area contributed by atoms with Crippen molar-refractivity contribution in [2.75, 3.05) is 5.32 Å². The van der Waals surface area contributed by atoms with Crippen LogP contribution in [-0.2, 0) is 13.0 Å². The molecule has 90 valence electrons. The molecular weight excluding hydrogens is 222 g/mol. The Hall–Kier alpha value is -2.34. The summed E-state index contributed by atoms with van der Waals surface area (Å²) < 4.78 is 0. The number of nitriles is 1. The molecule has 2 rings (SSSR count). The van der Waals surface area contributed by atoms with Crippen LogP contribution in [-0.4, -0.2) is 4.98 Å². The minimum absolute atomic E-state index is 0.572. The first-order chi connectivity index (χ1) is 8.83. The molecule has 0 bridgehead atoms. The molecule has 0 aliphatic rings. The van der Waals surface area contributed by atoms with Gasteiger partial charge < -0.3 is 5.32 Å². The smallest absolute Gasteiger partial charge is 0.144 e. The van der Waals surface area contributed by atoms with Crippen LogP contribution < -0.4 is 5.32 Å². The highest BCUT2D eigenvalue weighted by Gasteiger charge is 2.01. The third-order valence-corrected chi connectivity index (χ3v) is 2.82. The van der Waals surface area contributed by atoms with E-state index in [1.807, 2.05) is 0 Å². The van der Waals surface area contributed by atoms with Gasteiger partial charge in [0.05, 0.1) is 5.56 Å². The molecule has 18 heavy (non-hydrogen) atoms. The monoisotopic (exact) mass is 237 g/mol. The van der Waals surface area contributed by atoms with E-state index in [4.69, 9.17) is 5.26 Å². The maximum Gasteiger partial charge on any atom is 0.144 e. The fourth-order valence-corrected chi connectivity index (χ4v) is 1.71. The summed E-state index contributed by atoms with van der Waals surface area (Å²) in [6.07, 6.45) is 2.73. The van der Waals surface area contributed by atoms with Gasteiger partial charge in [0.1, 0.15) is 11.9 Å². The van der Waals surface area contributed by atoms with E-state index < -0.39 is 0 Å². The van der Waals surface area contributed by atoms with E-state index in [1.54, 1.807) is 18.3 Å². The topological polar surface area (TPSA) is 48.7 Å². The zero-order valence-corrected chi connectivity index (χ0v) is 10.4. The minimum Gasteiger partial charge on any atom is -0.365 e. The number of hydrogen-bond donors (Lipinski definition) is 1. The second kappa shape index (κ2) is 5.83. The Bertz CT molecular complexity index is 553. The molecule has 1 aromatic heterocycles. The summed E-state index contributed by atoms with van der Waals surface area (Å²) in [6, 6.07) is 14.1. The van der Waals surface area contributed by atoms with Crippen LogP contribution >= 0.6 is 0 Å². The van der Waals surface area contributed by atoms with Crippen molar-refractivity contribution in [3.63, 3.8) is 0 Å². The third kappa shape index (κ3) is 2.86. The van der Waals surface area contributed by atoms with Crippen LogP contribution in [0.1, 0.15) is 23.6 Å². The average Bonchev–Trinajstić information content (AvgIpc) is 2.46. The summed E-state index contributed by atoms with van der Waals surface area (Å²) in [5.74, 6) is 0.638. The van der Waals surface area contributed by atoms with Crippen LogP contribution in [0.5, 0.6) is 0 Å². The van der Waals surface area contributed by atoms with Crippen molar-refractivity contribution >= 4 is 5.82 Å². The highest BCUT2D eigenvalue weighted by molar-refractivity contribution is 5.51. The maximum atomic E-state index is 8.95. The van der Waals surface area contributed by atoms with Crippen LogP contribution in [0.4, 0.5) is 5.82 Å². The Labute approximate surface area is 107 Å². The van der Waals surface area contributed by atoms with E-state index >= 15 is 0 Å². The Kier molecular flexibility index (Phi) is 3.93. The van der Waals surface area contributed by atoms with Gasteiger partial charge in [0, 0.05) is 12.7 Å². The van der Waals surface area contributed by atoms with Crippen LogP contribution in [0.15, 0.2) is 42.6 Å². The van der Waals surface area contributed by atoms with E-state index in [1.165, 1.54) is 11.1 Å². The van der Waals surface area contributed by atoms with Crippen LogP contribution in [0.25, 0.3) is 0 Å². The predicted molar refractivity (Wildman–Crippen MR) is 72.1 cm³/mol. The number of aromatic nitrogens is 1. The summed E-state index contributed by atoms with van der Waals surface area (Å²) in [5.41, 5.74) is 3.08. The lowest BCUT2D eigenvalue weighted by Crippen LogP contribution is -2.03. The van der Waals surface area contributed by atoms with E-state index in [9.17, 15) is 0 Å². The van der Waals surface area contributed by atoms with Crippen LogP contribution in [0.2, 0.25) is 0 Å². The zero-order chi connectivity index (χ0) is 12.8. The predicted octanol–water partition coefficient (Wildman–Crippen LogP) is 3.13. The number of nitrogens with one attached hydrogen (secondary N) is 1. The van der Waals surface area contributed by atoms with Crippen molar-refractivity contribution in [3.8, 4) is 6.07 Å². The molecule has 3 nitrogen and oxygen atoms in total. The molecule has 3 heteroatoms. The lowest BCUT2D eigenvalue weighted by Gasteiger charge is -2.07. The second-order valence-electron chi connectivity index (χ2n) is 4.03. The maximum absolute atomic E-state index is 8.95. The second-order valence-corrected chi connectivity index (χ2v) is 4.03. The Morgan fingerprint density at radius 2 is 1.89 bits per heavy atom. The third-order valence-electron chi connectivity index (χ3n) is 2.82. The number of pyridine rings is 1. The molecule has 1 heterocycles. The molecule has 0 aliphatic carbocycles. The van der Waals surface area contributed by atoms with Gasteiger partial charge in [-0.15, -0.1) is 0 Å². The van der Waals surface area contributed by atoms with Gasteiger partial charge in [-0.3, -0.25) is 0 Å². The number of rotatable bonds is 4. The molecule has 0 fully saturated rings. The van der Waals surface area contributed by atoms with Crippen LogP contribution in [0, 0.1) is 11.3 Å². The summed E-state index contributed by atoms with van der Waals surface area (Å²) in [5, 5.41) is 12.1. The molecular formula is C15H15N3. The minimum atomic E-state index is 0.572. The number of nitrogens with zero attached hydrogens (tertiary/aromatic N) is 2. The molecule has 2 aromatic rings. The quantitative estimate of drug-likeness (QED) is 0.888. The Morgan fingerprint density at radius 3 is 2.56 bits per heavy atom. The lowest BCUT2D eigenvalue weighted by atomic mass is 10.1. The summed E-state index contributed by atoms with van der Waals surface area (Å²) in [7, 11) is 0. The Morgan fingerprint density at radius 1 is 1.17 bits per heavy atom. The van der Waals surface area contributed by atoms with E-state index in [0.29, 0.717) is 17.9 Å². The molecule has 0 aliphatic heterocycles. The normalized spacial score (nSPS) is 9.78. The van der Waals surface area contributed by atoms with Crippen molar-refractivity contribution in [1.82, 2.24) is 4.98 Å². The van der Waals surface area contributed by atoms with Crippen molar-refractivity contribution in [1.29, 1.82) is 5.26 Å². The van der Waals surface area contributed by atoms with E-state index in [-0.39, 0.29) is 0 Å². The molecule has 0 radical (unpaired) electrons. The van der Waals surface area contributed by atoms with Crippen molar-refractivity contribution in [3.05, 3.63) is 59.3 Å². The van der Waals surface area contributed by atoms with Crippen LogP contribution in [0.3, 0.4) is 0 Å². The SMILES string of the molecule is CCc1ccc(CNc2ncccc2C#N)cc1. The molecule has 0 spiro atoms. The van der Waals surface area contributed by atoms with Crippen molar-refractivity contribution in [2.45, 2.75) is 19.9 Å². The molecule has 0 saturated carbocycles. The number of benzene rings is 1. The number of anilines is 1. The van der Waals surface area contributed by atoms with Crippen molar-refractivity contribution < 1.29 is 0 Å². The van der Waals surface area contributed by atoms with Gasteiger partial charge in [0.2, 0.25) is 0 Å². The van der Waals surface area contributed by atoms with Gasteiger partial charge in [0.25, 0.3) is 0 Å².